The number of hydrogen-bond donors (Lipinski definition) is 1. The molecule has 5 heteroatoms. The summed E-state index contributed by atoms with van der Waals surface area (Å²) < 4.78 is 5.24. The Kier molecular flexibility index (Phi) is 4.55. The number of ether oxygens (including phenoxy) is 1. The van der Waals surface area contributed by atoms with E-state index in [9.17, 15) is 9.59 Å². The third kappa shape index (κ3) is 4.69. The molecule has 0 aromatic heterocycles. The van der Waals surface area contributed by atoms with Gasteiger partial charge in [0.05, 0.1) is 0 Å². The van der Waals surface area contributed by atoms with Crippen molar-refractivity contribution < 1.29 is 14.3 Å². The third-order valence-corrected chi connectivity index (χ3v) is 3.65. The van der Waals surface area contributed by atoms with Crippen LogP contribution in [-0.4, -0.2) is 41.6 Å². The van der Waals surface area contributed by atoms with E-state index in [2.05, 4.69) is 5.32 Å². The number of carbonyl (C=O) groups excluding carboxylic acids is 2. The van der Waals surface area contributed by atoms with Crippen LogP contribution in [0.25, 0.3) is 0 Å². The van der Waals surface area contributed by atoms with Crippen LogP contribution >= 0.6 is 0 Å². The Morgan fingerprint density at radius 2 is 2.00 bits per heavy atom. The molecule has 0 aromatic rings. The Morgan fingerprint density at radius 3 is 2.60 bits per heavy atom. The molecule has 0 spiro atoms. The molecular weight excluding hydrogens is 256 g/mol. The Balaban J connectivity index is 1.90. The number of likely N-dealkylation sites (tertiary alicyclic amines) is 1. The molecule has 2 fully saturated rings. The summed E-state index contributed by atoms with van der Waals surface area (Å²) in [5.74, 6) is 0.736. The van der Waals surface area contributed by atoms with E-state index in [1.807, 2.05) is 25.7 Å². The van der Waals surface area contributed by atoms with Crippen molar-refractivity contribution in [1.29, 1.82) is 0 Å². The molecule has 1 saturated heterocycles. The van der Waals surface area contributed by atoms with E-state index in [0.717, 1.165) is 25.9 Å². The molecular formula is C15H26N2O3. The van der Waals surface area contributed by atoms with Crippen molar-refractivity contribution in [2.24, 2.45) is 5.92 Å². The first-order chi connectivity index (χ1) is 9.35. The maximum Gasteiger partial charge on any atom is 0.408 e. The summed E-state index contributed by atoms with van der Waals surface area (Å²) in [6.07, 6.45) is 4.66. The first kappa shape index (κ1) is 15.1. The summed E-state index contributed by atoms with van der Waals surface area (Å²) in [5.41, 5.74) is -0.536. The Hall–Kier alpha value is -1.26. The fourth-order valence-corrected chi connectivity index (χ4v) is 2.48. The zero-order valence-electron chi connectivity index (χ0n) is 12.8. The minimum atomic E-state index is -0.536. The van der Waals surface area contributed by atoms with E-state index < -0.39 is 17.7 Å². The number of alkyl carbamates (subject to hydrolysis) is 1. The van der Waals surface area contributed by atoms with Crippen LogP contribution < -0.4 is 5.32 Å². The smallest absolute Gasteiger partial charge is 0.408 e. The van der Waals surface area contributed by atoms with Gasteiger partial charge in [0.1, 0.15) is 11.6 Å². The van der Waals surface area contributed by atoms with Crippen molar-refractivity contribution in [2.75, 3.05) is 13.1 Å². The lowest BCUT2D eigenvalue weighted by Gasteiger charge is -2.26. The van der Waals surface area contributed by atoms with Gasteiger partial charge in [0.2, 0.25) is 5.91 Å². The number of carbonyl (C=O) groups is 2. The maximum atomic E-state index is 12.5. The standard InChI is InChI=1S/C15H26N2O3/c1-15(2,3)20-14(19)16-12-6-4-5-9-17(13(12)18)10-11-7-8-11/h11-12H,4-10H2,1-3H3,(H,16,19)/t12-/m0/s1. The van der Waals surface area contributed by atoms with Gasteiger partial charge in [0.25, 0.3) is 0 Å². The van der Waals surface area contributed by atoms with Crippen LogP contribution in [0.15, 0.2) is 0 Å². The molecule has 0 bridgehead atoms. The van der Waals surface area contributed by atoms with Gasteiger partial charge < -0.3 is 15.0 Å². The van der Waals surface area contributed by atoms with Gasteiger partial charge in [-0.3, -0.25) is 4.79 Å². The van der Waals surface area contributed by atoms with Gasteiger partial charge in [-0.05, 0) is 58.8 Å². The molecule has 114 valence electrons. The van der Waals surface area contributed by atoms with Gasteiger partial charge in [-0.15, -0.1) is 0 Å². The molecule has 1 N–H and O–H groups in total. The summed E-state index contributed by atoms with van der Waals surface area (Å²) >= 11 is 0. The Morgan fingerprint density at radius 1 is 1.30 bits per heavy atom. The molecule has 1 aliphatic carbocycles. The maximum absolute atomic E-state index is 12.5. The van der Waals surface area contributed by atoms with Crippen molar-refractivity contribution in [2.45, 2.75) is 64.5 Å². The van der Waals surface area contributed by atoms with Gasteiger partial charge in [-0.25, -0.2) is 4.79 Å². The summed E-state index contributed by atoms with van der Waals surface area (Å²) in [6, 6.07) is -0.425. The first-order valence-corrected chi connectivity index (χ1v) is 7.63. The first-order valence-electron chi connectivity index (χ1n) is 7.63. The molecule has 2 amide bonds. The monoisotopic (exact) mass is 282 g/mol. The Bertz CT molecular complexity index is 372. The molecule has 0 aromatic carbocycles. The molecule has 2 rings (SSSR count). The number of nitrogens with zero attached hydrogens (tertiary/aromatic N) is 1. The zero-order chi connectivity index (χ0) is 14.8. The highest BCUT2D eigenvalue weighted by Crippen LogP contribution is 2.30. The van der Waals surface area contributed by atoms with Gasteiger partial charge in [0, 0.05) is 13.1 Å². The minimum Gasteiger partial charge on any atom is -0.444 e. The fourth-order valence-electron chi connectivity index (χ4n) is 2.48. The number of rotatable bonds is 3. The number of amides is 2. The molecule has 0 radical (unpaired) electrons. The van der Waals surface area contributed by atoms with E-state index in [1.165, 1.54) is 12.8 Å². The lowest BCUT2D eigenvalue weighted by Crippen LogP contribution is -2.49. The highest BCUT2D eigenvalue weighted by molar-refractivity contribution is 5.86. The van der Waals surface area contributed by atoms with Crippen LogP contribution in [-0.2, 0) is 9.53 Å². The molecule has 1 saturated carbocycles. The van der Waals surface area contributed by atoms with Crippen LogP contribution in [0.2, 0.25) is 0 Å². The highest BCUT2D eigenvalue weighted by atomic mass is 16.6. The molecule has 1 heterocycles. The Labute approximate surface area is 121 Å². The van der Waals surface area contributed by atoms with Crippen LogP contribution in [0.5, 0.6) is 0 Å². The van der Waals surface area contributed by atoms with Crippen LogP contribution in [0.4, 0.5) is 4.79 Å². The summed E-state index contributed by atoms with van der Waals surface area (Å²) in [5, 5.41) is 2.74. The second kappa shape index (κ2) is 6.02. The summed E-state index contributed by atoms with van der Waals surface area (Å²) in [6.45, 7) is 7.13. The van der Waals surface area contributed by atoms with Crippen molar-refractivity contribution in [1.82, 2.24) is 10.2 Å². The van der Waals surface area contributed by atoms with Crippen molar-refractivity contribution in [3.8, 4) is 0 Å². The highest BCUT2D eigenvalue weighted by Gasteiger charge is 2.33. The van der Waals surface area contributed by atoms with E-state index in [1.54, 1.807) is 0 Å². The second-order valence-electron chi connectivity index (χ2n) is 6.92. The normalized spacial score (nSPS) is 24.2. The third-order valence-electron chi connectivity index (χ3n) is 3.65. The van der Waals surface area contributed by atoms with E-state index >= 15 is 0 Å². The predicted molar refractivity (Wildman–Crippen MR) is 76.3 cm³/mol. The van der Waals surface area contributed by atoms with Crippen molar-refractivity contribution in [3.05, 3.63) is 0 Å². The lowest BCUT2D eigenvalue weighted by molar-refractivity contribution is -0.133. The summed E-state index contributed by atoms with van der Waals surface area (Å²) in [7, 11) is 0. The van der Waals surface area contributed by atoms with Crippen molar-refractivity contribution in [3.63, 3.8) is 0 Å². The quantitative estimate of drug-likeness (QED) is 0.864. The molecule has 1 aliphatic heterocycles. The largest absolute Gasteiger partial charge is 0.444 e. The number of hydrogen-bond acceptors (Lipinski definition) is 3. The van der Waals surface area contributed by atoms with Crippen LogP contribution in [0.1, 0.15) is 52.9 Å². The molecule has 2 aliphatic rings. The van der Waals surface area contributed by atoms with E-state index in [-0.39, 0.29) is 5.91 Å². The second-order valence-corrected chi connectivity index (χ2v) is 6.92. The van der Waals surface area contributed by atoms with Crippen molar-refractivity contribution >= 4 is 12.0 Å². The summed E-state index contributed by atoms with van der Waals surface area (Å²) in [4.78, 5) is 26.2. The van der Waals surface area contributed by atoms with E-state index in [0.29, 0.717) is 12.3 Å². The van der Waals surface area contributed by atoms with Gasteiger partial charge in [-0.2, -0.15) is 0 Å². The van der Waals surface area contributed by atoms with Gasteiger partial charge in [0.15, 0.2) is 0 Å². The average Bonchev–Trinajstić information content (AvgIpc) is 3.12. The minimum absolute atomic E-state index is 0.0558. The SMILES string of the molecule is CC(C)(C)OC(=O)N[C@H]1CCCCN(CC2CC2)C1=O. The zero-order valence-corrected chi connectivity index (χ0v) is 12.8. The van der Waals surface area contributed by atoms with Gasteiger partial charge >= 0.3 is 6.09 Å². The van der Waals surface area contributed by atoms with Gasteiger partial charge in [-0.1, -0.05) is 0 Å². The lowest BCUT2D eigenvalue weighted by atomic mass is 10.1. The fraction of sp³-hybridized carbons (Fsp3) is 0.867. The number of nitrogens with one attached hydrogen (secondary N) is 1. The molecule has 0 unspecified atom stereocenters. The van der Waals surface area contributed by atoms with E-state index in [4.69, 9.17) is 4.74 Å². The molecule has 20 heavy (non-hydrogen) atoms. The van der Waals surface area contributed by atoms with Crippen LogP contribution in [0, 0.1) is 5.92 Å². The van der Waals surface area contributed by atoms with Crippen LogP contribution in [0.3, 0.4) is 0 Å². The predicted octanol–water partition coefficient (Wildman–Crippen LogP) is 2.30. The molecule has 5 nitrogen and oxygen atoms in total. The average molecular weight is 282 g/mol. The topological polar surface area (TPSA) is 58.6 Å². The molecule has 1 atom stereocenters.